The van der Waals surface area contributed by atoms with Gasteiger partial charge in [0.2, 0.25) is 5.91 Å². The fourth-order valence-electron chi connectivity index (χ4n) is 6.90. The monoisotopic (exact) mass is 460 g/mol. The van der Waals surface area contributed by atoms with Gasteiger partial charge in [0.1, 0.15) is 5.82 Å². The molecule has 6 nitrogen and oxygen atoms in total. The molecule has 2 bridgehead atoms. The molecule has 5 rings (SSSR count). The molecule has 7 heteroatoms. The summed E-state index contributed by atoms with van der Waals surface area (Å²) < 4.78 is 19.3. The first-order valence-electron chi connectivity index (χ1n) is 12.4. The standard InChI is InChI=1S/C25H35FN2O2.CH2O2/c1-30-17-25(9-5-10-25)24(29)27-15-19-14-20(16-27)23(28-11-3-2-8-22(19)28)13-18-6-4-7-21(26)12-18;2-1-3/h4,6-7,12,19-20,22-23H,2-3,5,8-11,13-17H2,1H3;1H,(H,2,3)/t19-,20+,22+,23+;/m1./s1. The van der Waals surface area contributed by atoms with E-state index in [9.17, 15) is 9.18 Å². The normalized spacial score (nSPS) is 30.3. The molecule has 3 heterocycles. The van der Waals surface area contributed by atoms with Crippen LogP contribution >= 0.6 is 0 Å². The van der Waals surface area contributed by atoms with Crippen molar-refractivity contribution < 1.29 is 23.8 Å². The van der Waals surface area contributed by atoms with E-state index in [0.717, 1.165) is 50.9 Å². The lowest BCUT2D eigenvalue weighted by Gasteiger charge is -2.58. The first-order valence-corrected chi connectivity index (χ1v) is 12.4. The van der Waals surface area contributed by atoms with Crippen molar-refractivity contribution in [3.05, 3.63) is 35.6 Å². The topological polar surface area (TPSA) is 70.1 Å². The third kappa shape index (κ3) is 4.94. The Bertz CT molecular complexity index is 830. The van der Waals surface area contributed by atoms with E-state index in [-0.39, 0.29) is 17.7 Å². The Kier molecular flexibility index (Phi) is 7.69. The first-order chi connectivity index (χ1) is 16.0. The number of rotatable bonds is 5. The maximum atomic E-state index is 13.8. The van der Waals surface area contributed by atoms with Gasteiger partial charge in [0.15, 0.2) is 0 Å². The number of fused-ring (bicyclic) bond motifs is 4. The summed E-state index contributed by atoms with van der Waals surface area (Å²) in [6, 6.07) is 8.08. The minimum atomic E-state index is -0.273. The van der Waals surface area contributed by atoms with Gasteiger partial charge < -0.3 is 14.7 Å². The fourth-order valence-corrected chi connectivity index (χ4v) is 6.90. The molecule has 1 amide bonds. The van der Waals surface area contributed by atoms with E-state index in [4.69, 9.17) is 14.6 Å². The molecule has 0 radical (unpaired) electrons. The number of carbonyl (C=O) groups is 2. The number of amides is 1. The Balaban J connectivity index is 0.000000821. The predicted molar refractivity (Wildman–Crippen MR) is 123 cm³/mol. The van der Waals surface area contributed by atoms with Crippen molar-refractivity contribution in [3.8, 4) is 0 Å². The number of methoxy groups -OCH3 is 1. The van der Waals surface area contributed by atoms with Gasteiger partial charge in [-0.3, -0.25) is 14.5 Å². The number of piperidine rings is 3. The van der Waals surface area contributed by atoms with Gasteiger partial charge in [-0.2, -0.15) is 0 Å². The zero-order chi connectivity index (χ0) is 23.4. The van der Waals surface area contributed by atoms with Crippen LogP contribution in [-0.2, 0) is 20.7 Å². The zero-order valence-corrected chi connectivity index (χ0v) is 19.6. The van der Waals surface area contributed by atoms with E-state index in [1.165, 1.54) is 31.7 Å². The molecule has 1 aliphatic carbocycles. The number of benzene rings is 1. The molecule has 1 N–H and O–H groups in total. The van der Waals surface area contributed by atoms with Crippen LogP contribution in [-0.4, -0.2) is 72.7 Å². The third-order valence-electron chi connectivity index (χ3n) is 8.43. The van der Waals surface area contributed by atoms with Gasteiger partial charge in [-0.1, -0.05) is 25.0 Å². The van der Waals surface area contributed by atoms with Crippen LogP contribution in [0.2, 0.25) is 0 Å². The average Bonchev–Trinajstić information content (AvgIpc) is 2.79. The smallest absolute Gasteiger partial charge is 0.290 e. The van der Waals surface area contributed by atoms with Crippen molar-refractivity contribution in [2.24, 2.45) is 17.3 Å². The highest BCUT2D eigenvalue weighted by atomic mass is 19.1. The number of carbonyl (C=O) groups excluding carboxylic acids is 1. The number of nitrogens with zero attached hydrogens (tertiary/aromatic N) is 2. The second-order valence-corrected chi connectivity index (χ2v) is 10.3. The number of ether oxygens (including phenoxy) is 1. The molecule has 182 valence electrons. The lowest BCUT2D eigenvalue weighted by atomic mass is 9.66. The Morgan fingerprint density at radius 1 is 1.24 bits per heavy atom. The number of hydrogen-bond donors (Lipinski definition) is 1. The van der Waals surface area contributed by atoms with Gasteiger partial charge in [0.05, 0.1) is 12.0 Å². The fraction of sp³-hybridized carbons (Fsp3) is 0.692. The van der Waals surface area contributed by atoms with Gasteiger partial charge >= 0.3 is 0 Å². The number of hydrogen-bond acceptors (Lipinski definition) is 4. The molecule has 4 fully saturated rings. The van der Waals surface area contributed by atoms with Crippen LogP contribution in [0.5, 0.6) is 0 Å². The SMILES string of the molecule is COCC1(C(=O)N2C[C@H]3C[C@@H](C2)[C@H](Cc2cccc(F)c2)N2CCCC[C@@H]32)CCC1.O=CO. The van der Waals surface area contributed by atoms with Crippen molar-refractivity contribution in [3.63, 3.8) is 0 Å². The van der Waals surface area contributed by atoms with Gasteiger partial charge in [-0.15, -0.1) is 0 Å². The summed E-state index contributed by atoms with van der Waals surface area (Å²) in [6.45, 7) is 3.22. The Morgan fingerprint density at radius 2 is 2.00 bits per heavy atom. The highest BCUT2D eigenvalue weighted by Crippen LogP contribution is 2.46. The number of likely N-dealkylation sites (tertiary alicyclic amines) is 1. The summed E-state index contributed by atoms with van der Waals surface area (Å²) in [5.74, 6) is 1.24. The molecule has 4 atom stereocenters. The highest BCUT2D eigenvalue weighted by molar-refractivity contribution is 5.84. The van der Waals surface area contributed by atoms with E-state index in [0.29, 0.717) is 36.4 Å². The van der Waals surface area contributed by atoms with Crippen molar-refractivity contribution >= 4 is 12.4 Å². The maximum absolute atomic E-state index is 13.8. The molecule has 3 aliphatic heterocycles. The molecule has 0 spiro atoms. The van der Waals surface area contributed by atoms with E-state index in [2.05, 4.69) is 15.9 Å². The van der Waals surface area contributed by atoms with Crippen molar-refractivity contribution in [2.45, 2.75) is 63.5 Å². The number of carboxylic acid groups (broad SMARTS) is 1. The predicted octanol–water partition coefficient (Wildman–Crippen LogP) is 3.59. The van der Waals surface area contributed by atoms with Crippen LogP contribution < -0.4 is 0 Å². The van der Waals surface area contributed by atoms with Crippen LogP contribution in [0.15, 0.2) is 24.3 Å². The molecule has 33 heavy (non-hydrogen) atoms. The van der Waals surface area contributed by atoms with Crippen molar-refractivity contribution in [2.75, 3.05) is 33.4 Å². The summed E-state index contributed by atoms with van der Waals surface area (Å²) in [6.07, 6.45) is 8.95. The largest absolute Gasteiger partial charge is 0.483 e. The zero-order valence-electron chi connectivity index (χ0n) is 19.6. The number of halogens is 1. The first kappa shape index (κ1) is 24.1. The maximum Gasteiger partial charge on any atom is 0.290 e. The van der Waals surface area contributed by atoms with Crippen LogP contribution in [0.4, 0.5) is 4.39 Å². The van der Waals surface area contributed by atoms with E-state index >= 15 is 0 Å². The van der Waals surface area contributed by atoms with Crippen LogP contribution in [0.1, 0.15) is 50.5 Å². The van der Waals surface area contributed by atoms with Crippen molar-refractivity contribution in [1.29, 1.82) is 0 Å². The summed E-state index contributed by atoms with van der Waals surface area (Å²) in [5, 5.41) is 6.89. The summed E-state index contributed by atoms with van der Waals surface area (Å²) in [7, 11) is 1.72. The van der Waals surface area contributed by atoms with Gasteiger partial charge in [-0.25, -0.2) is 4.39 Å². The molecule has 1 aromatic carbocycles. The molecular formula is C26H37FN2O4. The summed E-state index contributed by atoms with van der Waals surface area (Å²) in [5.41, 5.74) is 0.811. The molecular weight excluding hydrogens is 423 g/mol. The second-order valence-electron chi connectivity index (χ2n) is 10.3. The molecule has 0 aromatic heterocycles. The highest BCUT2D eigenvalue weighted by Gasteiger charge is 2.52. The van der Waals surface area contributed by atoms with E-state index in [1.54, 1.807) is 13.2 Å². The molecule has 1 saturated carbocycles. The lowest BCUT2D eigenvalue weighted by molar-refractivity contribution is -0.160. The molecule has 4 aliphatic rings. The van der Waals surface area contributed by atoms with Crippen molar-refractivity contribution in [1.82, 2.24) is 9.80 Å². The lowest BCUT2D eigenvalue weighted by Crippen LogP contribution is -2.66. The summed E-state index contributed by atoms with van der Waals surface area (Å²) >= 11 is 0. The van der Waals surface area contributed by atoms with E-state index < -0.39 is 0 Å². The minimum Gasteiger partial charge on any atom is -0.483 e. The quantitative estimate of drug-likeness (QED) is 0.680. The minimum absolute atomic E-state index is 0.150. The molecule has 0 unspecified atom stereocenters. The van der Waals surface area contributed by atoms with E-state index in [1.807, 2.05) is 6.07 Å². The van der Waals surface area contributed by atoms with Gasteiger partial charge in [0.25, 0.3) is 6.47 Å². The molecule has 1 aromatic rings. The summed E-state index contributed by atoms with van der Waals surface area (Å²) in [4.78, 5) is 26.9. The Hall–Kier alpha value is -1.99. The second kappa shape index (κ2) is 10.5. The Morgan fingerprint density at radius 3 is 2.67 bits per heavy atom. The van der Waals surface area contributed by atoms with Crippen LogP contribution in [0.3, 0.4) is 0 Å². The molecule has 3 saturated heterocycles. The van der Waals surface area contributed by atoms with Crippen LogP contribution in [0, 0.1) is 23.1 Å². The van der Waals surface area contributed by atoms with Gasteiger partial charge in [-0.05, 0) is 74.6 Å². The van der Waals surface area contributed by atoms with Gasteiger partial charge in [0, 0.05) is 32.3 Å². The Labute approximate surface area is 196 Å². The average molecular weight is 461 g/mol. The third-order valence-corrected chi connectivity index (χ3v) is 8.43. The van der Waals surface area contributed by atoms with Crippen LogP contribution in [0.25, 0.3) is 0 Å².